The smallest absolute Gasteiger partial charge is 0.213 e. The number of nitrogens with one attached hydrogen (secondary N) is 2. The van der Waals surface area contributed by atoms with Gasteiger partial charge in [-0.3, -0.25) is 5.10 Å². The molecule has 1 aliphatic carbocycles. The molecule has 19 heavy (non-hydrogen) atoms. The summed E-state index contributed by atoms with van der Waals surface area (Å²) in [6.07, 6.45) is 2.56. The third-order valence-corrected chi connectivity index (χ3v) is 4.18. The fraction of sp³-hybridized carbons (Fsp3) is 0.385. The molecule has 0 bridgehead atoms. The maximum atomic E-state index is 6.08. The largest absolute Gasteiger partial charge is 0.310 e. The van der Waals surface area contributed by atoms with Gasteiger partial charge in [0.15, 0.2) is 0 Å². The van der Waals surface area contributed by atoms with Crippen LogP contribution in [-0.4, -0.2) is 21.2 Å². The molecule has 1 aromatic carbocycles. The summed E-state index contributed by atoms with van der Waals surface area (Å²) in [5, 5.41) is 12.0. The lowest BCUT2D eigenvalue weighted by Crippen LogP contribution is -2.15. The number of aryl methyl sites for hydroxylation is 1. The first-order valence-corrected chi connectivity index (χ1v) is 7.49. The zero-order chi connectivity index (χ0) is 13.2. The molecule has 4 nitrogen and oxygen atoms in total. The van der Waals surface area contributed by atoms with Crippen LogP contribution in [0.15, 0.2) is 28.3 Å². The first-order valence-electron chi connectivity index (χ1n) is 6.29. The third-order valence-electron chi connectivity index (χ3n) is 2.96. The molecule has 6 heteroatoms. The van der Waals surface area contributed by atoms with Crippen molar-refractivity contribution in [2.24, 2.45) is 0 Å². The van der Waals surface area contributed by atoms with E-state index < -0.39 is 0 Å². The Hall–Kier alpha value is -1.04. The fourth-order valence-electron chi connectivity index (χ4n) is 1.79. The summed E-state index contributed by atoms with van der Waals surface area (Å²) in [5.41, 5.74) is 1.20. The molecule has 0 unspecified atom stereocenters. The molecule has 0 aliphatic heterocycles. The van der Waals surface area contributed by atoms with E-state index in [0.717, 1.165) is 27.4 Å². The minimum absolute atomic E-state index is 0.683. The number of rotatable bonds is 5. The number of aromatic nitrogens is 3. The molecule has 0 atom stereocenters. The Morgan fingerprint density at radius 2 is 2.32 bits per heavy atom. The number of hydrogen-bond acceptors (Lipinski definition) is 4. The van der Waals surface area contributed by atoms with Gasteiger partial charge in [-0.2, -0.15) is 0 Å². The van der Waals surface area contributed by atoms with E-state index in [4.69, 9.17) is 11.6 Å². The monoisotopic (exact) mass is 294 g/mol. The number of H-pyrrole nitrogens is 1. The highest BCUT2D eigenvalue weighted by Gasteiger charge is 2.20. The molecule has 100 valence electrons. The van der Waals surface area contributed by atoms with Gasteiger partial charge in [-0.15, -0.1) is 5.10 Å². The normalized spacial score (nSPS) is 14.8. The lowest BCUT2D eigenvalue weighted by molar-refractivity contribution is 0.680. The lowest BCUT2D eigenvalue weighted by Gasteiger charge is -2.09. The average Bonchev–Trinajstić information content (AvgIpc) is 3.13. The highest BCUT2D eigenvalue weighted by Crippen LogP contribution is 2.30. The number of halogens is 1. The number of hydrogen-bond donors (Lipinski definition) is 2. The van der Waals surface area contributed by atoms with E-state index in [1.165, 1.54) is 18.4 Å². The second kappa shape index (κ2) is 5.53. The second-order valence-corrected chi connectivity index (χ2v) is 6.16. The molecular formula is C13H15ClN4S. The Morgan fingerprint density at radius 1 is 1.47 bits per heavy atom. The molecule has 1 aliphatic rings. The molecule has 0 saturated heterocycles. The second-order valence-electron chi connectivity index (χ2n) is 4.71. The van der Waals surface area contributed by atoms with E-state index in [0.29, 0.717) is 6.04 Å². The molecule has 3 rings (SSSR count). The van der Waals surface area contributed by atoms with E-state index in [-0.39, 0.29) is 0 Å². The summed E-state index contributed by atoms with van der Waals surface area (Å²) in [5.74, 6) is 0.828. The van der Waals surface area contributed by atoms with Gasteiger partial charge in [-0.05, 0) is 55.3 Å². The van der Waals surface area contributed by atoms with Crippen LogP contribution < -0.4 is 5.32 Å². The van der Waals surface area contributed by atoms with Crippen molar-refractivity contribution in [3.8, 4) is 0 Å². The Kier molecular flexibility index (Phi) is 3.77. The minimum Gasteiger partial charge on any atom is -0.310 e. The van der Waals surface area contributed by atoms with Crippen LogP contribution in [0.4, 0.5) is 0 Å². The zero-order valence-corrected chi connectivity index (χ0v) is 12.2. The zero-order valence-electron chi connectivity index (χ0n) is 10.6. The molecular weight excluding hydrogens is 280 g/mol. The predicted octanol–water partition coefficient (Wildman–Crippen LogP) is 3.17. The Labute approximate surface area is 121 Å². The van der Waals surface area contributed by atoms with Crippen molar-refractivity contribution in [1.29, 1.82) is 0 Å². The summed E-state index contributed by atoms with van der Waals surface area (Å²) in [7, 11) is 0. The molecule has 2 aromatic rings. The molecule has 0 amide bonds. The summed E-state index contributed by atoms with van der Waals surface area (Å²) >= 11 is 7.64. The van der Waals surface area contributed by atoms with Gasteiger partial charge in [-0.25, -0.2) is 4.98 Å². The van der Waals surface area contributed by atoms with Crippen molar-refractivity contribution in [1.82, 2.24) is 20.5 Å². The van der Waals surface area contributed by atoms with Gasteiger partial charge in [0.05, 0.1) is 0 Å². The number of benzene rings is 1. The third kappa shape index (κ3) is 3.49. The van der Waals surface area contributed by atoms with E-state index in [1.54, 1.807) is 11.8 Å². The topological polar surface area (TPSA) is 53.6 Å². The van der Waals surface area contributed by atoms with Crippen molar-refractivity contribution in [2.45, 2.75) is 42.4 Å². The van der Waals surface area contributed by atoms with Crippen LogP contribution in [0, 0.1) is 6.92 Å². The van der Waals surface area contributed by atoms with Crippen LogP contribution in [0.25, 0.3) is 0 Å². The van der Waals surface area contributed by atoms with Crippen molar-refractivity contribution in [2.75, 3.05) is 0 Å². The van der Waals surface area contributed by atoms with Crippen molar-refractivity contribution in [3.05, 3.63) is 34.6 Å². The van der Waals surface area contributed by atoms with Gasteiger partial charge in [0.1, 0.15) is 5.82 Å². The predicted molar refractivity (Wildman–Crippen MR) is 76.6 cm³/mol. The first kappa shape index (κ1) is 13.0. The van der Waals surface area contributed by atoms with Gasteiger partial charge in [0, 0.05) is 22.5 Å². The van der Waals surface area contributed by atoms with E-state index in [2.05, 4.69) is 20.5 Å². The Bertz CT molecular complexity index is 580. The maximum absolute atomic E-state index is 6.08. The summed E-state index contributed by atoms with van der Waals surface area (Å²) in [6, 6.07) is 6.63. The number of nitrogens with zero attached hydrogens (tertiary/aromatic N) is 2. The van der Waals surface area contributed by atoms with Crippen LogP contribution >= 0.6 is 23.4 Å². The standard InChI is InChI=1S/C13H15ClN4S/c1-8-16-13(18-17-8)19-12-5-2-10(14)6-9(12)7-15-11-3-4-11/h2,5-6,11,15H,3-4,7H2,1H3,(H,16,17,18). The van der Waals surface area contributed by atoms with E-state index in [1.807, 2.05) is 25.1 Å². The molecule has 2 N–H and O–H groups in total. The van der Waals surface area contributed by atoms with E-state index >= 15 is 0 Å². The van der Waals surface area contributed by atoms with Crippen LogP contribution in [-0.2, 0) is 6.54 Å². The van der Waals surface area contributed by atoms with E-state index in [9.17, 15) is 0 Å². The van der Waals surface area contributed by atoms with Gasteiger partial charge >= 0.3 is 0 Å². The van der Waals surface area contributed by atoms with Gasteiger partial charge < -0.3 is 5.32 Å². The van der Waals surface area contributed by atoms with Gasteiger partial charge in [-0.1, -0.05) is 11.6 Å². The summed E-state index contributed by atoms with van der Waals surface area (Å²) in [6.45, 7) is 2.74. The molecule has 1 fully saturated rings. The van der Waals surface area contributed by atoms with Crippen LogP contribution in [0.2, 0.25) is 5.02 Å². The van der Waals surface area contributed by atoms with Gasteiger partial charge in [0.2, 0.25) is 5.16 Å². The highest BCUT2D eigenvalue weighted by molar-refractivity contribution is 7.99. The quantitative estimate of drug-likeness (QED) is 0.889. The lowest BCUT2D eigenvalue weighted by atomic mass is 10.2. The molecule has 0 spiro atoms. The average molecular weight is 295 g/mol. The molecule has 1 aromatic heterocycles. The summed E-state index contributed by atoms with van der Waals surface area (Å²) < 4.78 is 0. The molecule has 0 radical (unpaired) electrons. The van der Waals surface area contributed by atoms with Crippen molar-refractivity contribution in [3.63, 3.8) is 0 Å². The summed E-state index contributed by atoms with van der Waals surface area (Å²) in [4.78, 5) is 5.47. The maximum Gasteiger partial charge on any atom is 0.213 e. The van der Waals surface area contributed by atoms with Crippen molar-refractivity contribution < 1.29 is 0 Å². The molecule has 1 saturated carbocycles. The van der Waals surface area contributed by atoms with Crippen LogP contribution in [0.3, 0.4) is 0 Å². The first-order chi connectivity index (χ1) is 9.20. The van der Waals surface area contributed by atoms with Crippen LogP contribution in [0.1, 0.15) is 24.2 Å². The fourth-order valence-corrected chi connectivity index (χ4v) is 2.86. The van der Waals surface area contributed by atoms with Crippen molar-refractivity contribution >= 4 is 23.4 Å². The Morgan fingerprint density at radius 3 is 3.00 bits per heavy atom. The minimum atomic E-state index is 0.683. The SMILES string of the molecule is Cc1nc(Sc2ccc(Cl)cc2CNC2CC2)n[nH]1. The van der Waals surface area contributed by atoms with Gasteiger partial charge in [0.25, 0.3) is 0 Å². The van der Waals surface area contributed by atoms with Crippen LogP contribution in [0.5, 0.6) is 0 Å². The highest BCUT2D eigenvalue weighted by atomic mass is 35.5. The Balaban J connectivity index is 1.77. The number of aromatic amines is 1. The molecule has 1 heterocycles.